The van der Waals surface area contributed by atoms with Crippen LogP contribution in [-0.2, 0) is 20.2 Å². The summed E-state index contributed by atoms with van der Waals surface area (Å²) in [6, 6.07) is 13.1. The van der Waals surface area contributed by atoms with Crippen LogP contribution in [0.3, 0.4) is 0 Å². The molecule has 2 saturated heterocycles. The molecule has 2 aromatic rings. The van der Waals surface area contributed by atoms with E-state index in [1.807, 2.05) is 30.3 Å². The van der Waals surface area contributed by atoms with Crippen LogP contribution in [0.15, 0.2) is 47.4 Å². The van der Waals surface area contributed by atoms with Crippen molar-refractivity contribution >= 4 is 27.3 Å². The third-order valence-electron chi connectivity index (χ3n) is 7.36. The number of hydrogen-bond donors (Lipinski definition) is 1. The van der Waals surface area contributed by atoms with E-state index in [-0.39, 0.29) is 29.2 Å². The second-order valence-electron chi connectivity index (χ2n) is 11.4. The molecular formula is C29H42N4O4S. The first-order chi connectivity index (χ1) is 18.0. The third kappa shape index (κ3) is 7.07. The van der Waals surface area contributed by atoms with Crippen LogP contribution >= 0.6 is 0 Å². The first kappa shape index (κ1) is 28.4. The molecule has 0 saturated carbocycles. The Morgan fingerprint density at radius 3 is 2.21 bits per heavy atom. The van der Waals surface area contributed by atoms with E-state index in [1.165, 1.54) is 5.56 Å². The number of benzene rings is 2. The van der Waals surface area contributed by atoms with E-state index in [2.05, 4.69) is 42.9 Å². The highest BCUT2D eigenvalue weighted by Crippen LogP contribution is 2.32. The summed E-state index contributed by atoms with van der Waals surface area (Å²) in [6.45, 7) is 11.2. The van der Waals surface area contributed by atoms with Gasteiger partial charge in [-0.2, -0.15) is 4.31 Å². The lowest BCUT2D eigenvalue weighted by atomic mass is 9.87. The molecule has 0 spiro atoms. The van der Waals surface area contributed by atoms with E-state index in [9.17, 15) is 13.2 Å². The summed E-state index contributed by atoms with van der Waals surface area (Å²) < 4.78 is 34.1. The van der Waals surface area contributed by atoms with Crippen molar-refractivity contribution in [2.24, 2.45) is 0 Å². The van der Waals surface area contributed by atoms with Crippen molar-refractivity contribution in [1.29, 1.82) is 0 Å². The minimum absolute atomic E-state index is 0.0654. The first-order valence-electron chi connectivity index (χ1n) is 13.6. The van der Waals surface area contributed by atoms with E-state index in [1.54, 1.807) is 16.4 Å². The van der Waals surface area contributed by atoms with Crippen LogP contribution in [0, 0.1) is 0 Å². The Bertz CT molecular complexity index is 1190. The highest BCUT2D eigenvalue weighted by Gasteiger charge is 2.28. The molecule has 2 aromatic carbocycles. The molecule has 9 heteroatoms. The summed E-state index contributed by atoms with van der Waals surface area (Å²) in [5.41, 5.74) is 2.67. The van der Waals surface area contributed by atoms with Gasteiger partial charge < -0.3 is 19.9 Å². The Kier molecular flexibility index (Phi) is 9.00. The molecule has 0 radical (unpaired) electrons. The van der Waals surface area contributed by atoms with Gasteiger partial charge in [-0.1, -0.05) is 39.3 Å². The number of hydrogen-bond acceptors (Lipinski definition) is 6. The fourth-order valence-corrected chi connectivity index (χ4v) is 6.42. The van der Waals surface area contributed by atoms with Crippen LogP contribution < -0.4 is 15.0 Å². The maximum atomic E-state index is 13.3. The van der Waals surface area contributed by atoms with Crippen molar-refractivity contribution in [2.45, 2.75) is 56.8 Å². The average Bonchev–Trinajstić information content (AvgIpc) is 2.89. The number of likely N-dealkylation sites (N-methyl/N-ethyl adjacent to an activating group) is 1. The van der Waals surface area contributed by atoms with Gasteiger partial charge in [-0.25, -0.2) is 8.42 Å². The quantitative estimate of drug-likeness (QED) is 0.535. The number of ether oxygens (including phenoxy) is 1. The zero-order valence-corrected chi connectivity index (χ0v) is 24.0. The molecule has 1 amide bonds. The molecule has 2 aliphatic rings. The number of carbonyl (C=O) groups is 1. The zero-order chi connectivity index (χ0) is 27.3. The normalized spacial score (nSPS) is 17.8. The number of piperazine rings is 1. The van der Waals surface area contributed by atoms with E-state index >= 15 is 0 Å². The van der Waals surface area contributed by atoms with Crippen molar-refractivity contribution in [3.8, 4) is 5.75 Å². The SMILES string of the molecule is CN1CCN(c2ccc(S(=O)(=O)N3CCCCC3)cc2NC(=O)CCOc2ccc(C(C)(C)C)cc2)CC1. The minimum atomic E-state index is -3.61. The number of carbonyl (C=O) groups excluding carboxylic acids is 1. The molecule has 2 fully saturated rings. The van der Waals surface area contributed by atoms with E-state index in [0.29, 0.717) is 18.8 Å². The Morgan fingerprint density at radius 1 is 0.921 bits per heavy atom. The van der Waals surface area contributed by atoms with Gasteiger partial charge in [0, 0.05) is 39.3 Å². The lowest BCUT2D eigenvalue weighted by molar-refractivity contribution is -0.116. The molecule has 0 aromatic heterocycles. The number of anilines is 2. The fourth-order valence-electron chi connectivity index (χ4n) is 4.88. The van der Waals surface area contributed by atoms with Gasteiger partial charge in [-0.05, 0) is 61.2 Å². The van der Waals surface area contributed by atoms with Crippen LogP contribution in [0.2, 0.25) is 0 Å². The highest BCUT2D eigenvalue weighted by molar-refractivity contribution is 7.89. The average molecular weight is 543 g/mol. The van der Waals surface area contributed by atoms with Crippen molar-refractivity contribution < 1.29 is 17.9 Å². The van der Waals surface area contributed by atoms with Gasteiger partial charge in [0.25, 0.3) is 0 Å². The molecule has 4 rings (SSSR count). The lowest BCUT2D eigenvalue weighted by Gasteiger charge is -2.35. The fraction of sp³-hybridized carbons (Fsp3) is 0.552. The first-order valence-corrected chi connectivity index (χ1v) is 15.1. The number of rotatable bonds is 8. The molecule has 0 bridgehead atoms. The van der Waals surface area contributed by atoms with Crippen LogP contribution in [0.4, 0.5) is 11.4 Å². The van der Waals surface area contributed by atoms with Crippen LogP contribution in [0.5, 0.6) is 5.75 Å². The molecule has 8 nitrogen and oxygen atoms in total. The largest absolute Gasteiger partial charge is 0.493 e. The van der Waals surface area contributed by atoms with Gasteiger partial charge in [-0.15, -0.1) is 0 Å². The molecule has 0 aliphatic carbocycles. The summed E-state index contributed by atoms with van der Waals surface area (Å²) >= 11 is 0. The van der Waals surface area contributed by atoms with Gasteiger partial charge in [0.1, 0.15) is 5.75 Å². The van der Waals surface area contributed by atoms with Crippen LogP contribution in [0.1, 0.15) is 52.0 Å². The van der Waals surface area contributed by atoms with Crippen molar-refractivity contribution in [3.05, 3.63) is 48.0 Å². The second kappa shape index (κ2) is 12.1. The van der Waals surface area contributed by atoms with E-state index in [4.69, 9.17) is 4.74 Å². The monoisotopic (exact) mass is 542 g/mol. The molecule has 38 heavy (non-hydrogen) atoms. The third-order valence-corrected chi connectivity index (χ3v) is 9.25. The summed E-state index contributed by atoms with van der Waals surface area (Å²) in [5, 5.41) is 2.99. The summed E-state index contributed by atoms with van der Waals surface area (Å²) in [7, 11) is -1.52. The molecule has 2 aliphatic heterocycles. The van der Waals surface area contributed by atoms with Gasteiger partial charge in [0.2, 0.25) is 15.9 Å². The maximum Gasteiger partial charge on any atom is 0.243 e. The van der Waals surface area contributed by atoms with E-state index < -0.39 is 10.0 Å². The van der Waals surface area contributed by atoms with Crippen molar-refractivity contribution in [3.63, 3.8) is 0 Å². The number of amides is 1. The minimum Gasteiger partial charge on any atom is -0.493 e. The number of nitrogens with zero attached hydrogens (tertiary/aromatic N) is 3. The molecule has 0 atom stereocenters. The highest BCUT2D eigenvalue weighted by atomic mass is 32.2. The Morgan fingerprint density at radius 2 is 1.58 bits per heavy atom. The van der Waals surface area contributed by atoms with Gasteiger partial charge in [-0.3, -0.25) is 4.79 Å². The van der Waals surface area contributed by atoms with Crippen molar-refractivity contribution in [1.82, 2.24) is 9.21 Å². The number of sulfonamides is 1. The number of nitrogens with one attached hydrogen (secondary N) is 1. The Labute approximate surface area is 228 Å². The number of piperidine rings is 1. The van der Waals surface area contributed by atoms with Gasteiger partial charge >= 0.3 is 0 Å². The molecule has 1 N–H and O–H groups in total. The molecular weight excluding hydrogens is 500 g/mol. The van der Waals surface area contributed by atoms with Gasteiger partial charge in [0.05, 0.1) is 29.3 Å². The summed E-state index contributed by atoms with van der Waals surface area (Å²) in [4.78, 5) is 17.7. The van der Waals surface area contributed by atoms with Crippen molar-refractivity contribution in [2.75, 3.05) is 63.1 Å². The molecule has 2 heterocycles. The standard InChI is InChI=1S/C29H42N4O4S/c1-29(2,3)23-8-10-24(11-9-23)37-21-14-28(34)30-26-22-25(38(35,36)33-15-6-5-7-16-33)12-13-27(26)32-19-17-31(4)18-20-32/h8-13,22H,5-7,14-21H2,1-4H3,(H,30,34). The van der Waals surface area contributed by atoms with Crippen LogP contribution in [-0.4, -0.2) is 76.5 Å². The Hall–Kier alpha value is -2.62. The van der Waals surface area contributed by atoms with Gasteiger partial charge in [0.15, 0.2) is 0 Å². The smallest absolute Gasteiger partial charge is 0.243 e. The Balaban J connectivity index is 1.46. The van der Waals surface area contributed by atoms with Crippen LogP contribution in [0.25, 0.3) is 0 Å². The molecule has 0 unspecified atom stereocenters. The summed E-state index contributed by atoms with van der Waals surface area (Å²) in [6.07, 6.45) is 2.97. The maximum absolute atomic E-state index is 13.3. The van der Waals surface area contributed by atoms with E-state index in [0.717, 1.165) is 56.9 Å². The topological polar surface area (TPSA) is 82.2 Å². The molecule has 208 valence electrons. The predicted molar refractivity (Wildman–Crippen MR) is 153 cm³/mol. The zero-order valence-electron chi connectivity index (χ0n) is 23.2. The summed E-state index contributed by atoms with van der Waals surface area (Å²) in [5.74, 6) is 0.512. The predicted octanol–water partition coefficient (Wildman–Crippen LogP) is 4.32. The second-order valence-corrected chi connectivity index (χ2v) is 13.3. The lowest BCUT2D eigenvalue weighted by Crippen LogP contribution is -2.44.